The zero-order chi connectivity index (χ0) is 14.9. The predicted molar refractivity (Wildman–Crippen MR) is 91.8 cm³/mol. The van der Waals surface area contributed by atoms with Crippen LogP contribution in [0.4, 0.5) is 5.69 Å². The molecule has 2 aromatic rings. The van der Waals surface area contributed by atoms with Crippen LogP contribution in [0.2, 0.25) is 5.02 Å². The summed E-state index contributed by atoms with van der Waals surface area (Å²) in [6, 6.07) is 9.60. The molecular formula is C12H7Br3ClNO2S. The van der Waals surface area contributed by atoms with Gasteiger partial charge in [-0.15, -0.1) is 0 Å². The fourth-order valence-corrected chi connectivity index (χ4v) is 4.45. The summed E-state index contributed by atoms with van der Waals surface area (Å²) < 4.78 is 29.1. The fourth-order valence-electron chi connectivity index (χ4n) is 1.42. The number of sulfonamides is 1. The summed E-state index contributed by atoms with van der Waals surface area (Å²) in [6.07, 6.45) is 0. The van der Waals surface area contributed by atoms with Gasteiger partial charge in [-0.3, -0.25) is 4.72 Å². The molecule has 106 valence electrons. The van der Waals surface area contributed by atoms with Crippen LogP contribution in [0.15, 0.2) is 54.7 Å². The molecule has 0 heterocycles. The Labute approximate surface area is 147 Å². The lowest BCUT2D eigenvalue weighted by molar-refractivity contribution is 0.601. The molecule has 0 fully saturated rings. The molecule has 2 rings (SSSR count). The molecule has 0 radical (unpaired) electrons. The molecule has 0 spiro atoms. The van der Waals surface area contributed by atoms with Crippen molar-refractivity contribution in [3.8, 4) is 0 Å². The monoisotopic (exact) mass is 501 g/mol. The largest absolute Gasteiger partial charge is 0.278 e. The van der Waals surface area contributed by atoms with Crippen molar-refractivity contribution in [3.05, 3.63) is 54.8 Å². The molecule has 0 amide bonds. The first-order valence-electron chi connectivity index (χ1n) is 5.22. The van der Waals surface area contributed by atoms with Gasteiger partial charge in [-0.1, -0.05) is 27.5 Å². The molecule has 0 aliphatic rings. The first-order chi connectivity index (χ1) is 9.29. The van der Waals surface area contributed by atoms with Crippen LogP contribution in [-0.2, 0) is 10.0 Å². The second kappa shape index (κ2) is 6.36. The third-order valence-corrected chi connectivity index (χ3v) is 6.10. The Morgan fingerprint density at radius 1 is 0.950 bits per heavy atom. The van der Waals surface area contributed by atoms with E-state index in [2.05, 4.69) is 52.5 Å². The molecular weight excluding hydrogens is 497 g/mol. The molecule has 3 nitrogen and oxygen atoms in total. The molecule has 0 saturated heterocycles. The summed E-state index contributed by atoms with van der Waals surface area (Å²) in [5.74, 6) is 0. The molecule has 0 saturated carbocycles. The number of hydrogen-bond acceptors (Lipinski definition) is 2. The molecule has 2 aromatic carbocycles. The van der Waals surface area contributed by atoms with Gasteiger partial charge in [0.25, 0.3) is 10.0 Å². The third-order valence-electron chi connectivity index (χ3n) is 2.38. The second-order valence-corrected chi connectivity index (χ2v) is 8.52. The first kappa shape index (κ1) is 16.3. The van der Waals surface area contributed by atoms with Crippen molar-refractivity contribution in [1.29, 1.82) is 0 Å². The van der Waals surface area contributed by atoms with Crippen LogP contribution < -0.4 is 4.72 Å². The topological polar surface area (TPSA) is 46.2 Å². The SMILES string of the molecule is O=S(=O)(Nc1ccc(Br)cc1Br)c1ccc(Cl)c(Br)c1. The summed E-state index contributed by atoms with van der Waals surface area (Å²) in [4.78, 5) is 0.128. The van der Waals surface area contributed by atoms with Crippen molar-refractivity contribution in [3.63, 3.8) is 0 Å². The Kier molecular flexibility index (Phi) is 5.18. The van der Waals surface area contributed by atoms with Crippen LogP contribution in [0.1, 0.15) is 0 Å². The van der Waals surface area contributed by atoms with Crippen molar-refractivity contribution in [1.82, 2.24) is 0 Å². The van der Waals surface area contributed by atoms with E-state index in [-0.39, 0.29) is 4.90 Å². The zero-order valence-corrected chi connectivity index (χ0v) is 16.0. The second-order valence-electron chi connectivity index (χ2n) is 3.81. The summed E-state index contributed by atoms with van der Waals surface area (Å²) in [6.45, 7) is 0. The molecule has 1 N–H and O–H groups in total. The number of benzene rings is 2. The maximum atomic E-state index is 12.3. The maximum absolute atomic E-state index is 12.3. The Bertz CT molecular complexity index is 765. The number of hydrogen-bond donors (Lipinski definition) is 1. The van der Waals surface area contributed by atoms with E-state index in [1.165, 1.54) is 18.2 Å². The van der Waals surface area contributed by atoms with Crippen molar-refractivity contribution in [2.45, 2.75) is 4.90 Å². The number of halogens is 4. The summed E-state index contributed by atoms with van der Waals surface area (Å²) in [5, 5.41) is 0.453. The van der Waals surface area contributed by atoms with E-state index in [4.69, 9.17) is 11.6 Å². The van der Waals surface area contributed by atoms with Gasteiger partial charge in [0.15, 0.2) is 0 Å². The van der Waals surface area contributed by atoms with Gasteiger partial charge < -0.3 is 0 Å². The first-order valence-corrected chi connectivity index (χ1v) is 9.46. The van der Waals surface area contributed by atoms with Gasteiger partial charge >= 0.3 is 0 Å². The van der Waals surface area contributed by atoms with Crippen LogP contribution in [0, 0.1) is 0 Å². The van der Waals surface area contributed by atoms with E-state index in [1.54, 1.807) is 18.2 Å². The number of anilines is 1. The van der Waals surface area contributed by atoms with Gasteiger partial charge in [-0.25, -0.2) is 8.42 Å². The third kappa shape index (κ3) is 3.76. The highest BCUT2D eigenvalue weighted by molar-refractivity contribution is 9.11. The van der Waals surface area contributed by atoms with E-state index in [0.717, 1.165) is 4.47 Å². The number of rotatable bonds is 3. The maximum Gasteiger partial charge on any atom is 0.261 e. The van der Waals surface area contributed by atoms with Crippen molar-refractivity contribution in [2.75, 3.05) is 4.72 Å². The highest BCUT2D eigenvalue weighted by atomic mass is 79.9. The predicted octanol–water partition coefficient (Wildman–Crippen LogP) is 5.43. The van der Waals surface area contributed by atoms with Gasteiger partial charge in [0, 0.05) is 13.4 Å². The Balaban J connectivity index is 2.38. The molecule has 0 aliphatic heterocycles. The highest BCUT2D eigenvalue weighted by Gasteiger charge is 2.16. The molecule has 0 bridgehead atoms. The van der Waals surface area contributed by atoms with E-state index in [0.29, 0.717) is 19.7 Å². The minimum absolute atomic E-state index is 0.128. The number of nitrogens with one attached hydrogen (secondary N) is 1. The van der Waals surface area contributed by atoms with Gasteiger partial charge in [0.2, 0.25) is 0 Å². The smallest absolute Gasteiger partial charge is 0.261 e. The van der Waals surface area contributed by atoms with Crippen LogP contribution in [0.5, 0.6) is 0 Å². The molecule has 0 atom stereocenters. The average Bonchev–Trinajstić information content (AvgIpc) is 2.36. The van der Waals surface area contributed by atoms with Crippen LogP contribution in [0.3, 0.4) is 0 Å². The molecule has 0 aromatic heterocycles. The lowest BCUT2D eigenvalue weighted by Gasteiger charge is -2.10. The summed E-state index contributed by atoms with van der Waals surface area (Å²) in [5.41, 5.74) is 0.458. The Morgan fingerprint density at radius 3 is 2.25 bits per heavy atom. The van der Waals surface area contributed by atoms with Crippen molar-refractivity contribution in [2.24, 2.45) is 0 Å². The van der Waals surface area contributed by atoms with Crippen LogP contribution >= 0.6 is 59.4 Å². The van der Waals surface area contributed by atoms with Crippen molar-refractivity contribution >= 4 is 75.1 Å². The molecule has 0 aliphatic carbocycles. The fraction of sp³-hybridized carbons (Fsp3) is 0. The molecule has 8 heteroatoms. The minimum Gasteiger partial charge on any atom is -0.278 e. The van der Waals surface area contributed by atoms with Gasteiger partial charge in [-0.05, 0) is 68.3 Å². The highest BCUT2D eigenvalue weighted by Crippen LogP contribution is 2.30. The lowest BCUT2D eigenvalue weighted by Crippen LogP contribution is -2.13. The van der Waals surface area contributed by atoms with E-state index in [1.807, 2.05) is 0 Å². The van der Waals surface area contributed by atoms with Crippen LogP contribution in [-0.4, -0.2) is 8.42 Å². The quantitative estimate of drug-likeness (QED) is 0.606. The van der Waals surface area contributed by atoms with Crippen molar-refractivity contribution < 1.29 is 8.42 Å². The van der Waals surface area contributed by atoms with Crippen LogP contribution in [0.25, 0.3) is 0 Å². The Morgan fingerprint density at radius 2 is 1.65 bits per heavy atom. The van der Waals surface area contributed by atoms with Gasteiger partial charge in [0.1, 0.15) is 0 Å². The van der Waals surface area contributed by atoms with E-state index >= 15 is 0 Å². The normalized spacial score (nSPS) is 11.4. The van der Waals surface area contributed by atoms with Gasteiger partial charge in [0.05, 0.1) is 15.6 Å². The molecule has 0 unspecified atom stereocenters. The summed E-state index contributed by atoms with van der Waals surface area (Å²) >= 11 is 15.7. The van der Waals surface area contributed by atoms with E-state index in [9.17, 15) is 8.42 Å². The zero-order valence-electron chi connectivity index (χ0n) is 9.70. The minimum atomic E-state index is -3.67. The lowest BCUT2D eigenvalue weighted by atomic mass is 10.3. The Hall–Kier alpha value is -0.0800. The van der Waals surface area contributed by atoms with E-state index < -0.39 is 10.0 Å². The average molecular weight is 504 g/mol. The van der Waals surface area contributed by atoms with Gasteiger partial charge in [-0.2, -0.15) is 0 Å². The molecule has 20 heavy (non-hydrogen) atoms. The standard InChI is InChI=1S/C12H7Br3ClNO2S/c13-7-1-4-12(10(15)5-7)17-20(18,19)8-2-3-11(16)9(14)6-8/h1-6,17H. The summed E-state index contributed by atoms with van der Waals surface area (Å²) in [7, 11) is -3.67.